The molecule has 0 aliphatic rings. The van der Waals surface area contributed by atoms with Crippen LogP contribution in [0.5, 0.6) is 0 Å². The van der Waals surface area contributed by atoms with Crippen molar-refractivity contribution in [2.24, 2.45) is 0 Å². The molecule has 0 saturated heterocycles. The Balaban J connectivity index is 2.01. The summed E-state index contributed by atoms with van der Waals surface area (Å²) in [5.74, 6) is -0.842. The molecule has 2 N–H and O–H groups in total. The molecule has 0 aromatic heterocycles. The van der Waals surface area contributed by atoms with Crippen molar-refractivity contribution >= 4 is 46.3 Å². The molecule has 11 heteroatoms. The molecule has 0 fully saturated rings. The van der Waals surface area contributed by atoms with E-state index in [2.05, 4.69) is 10.6 Å². The number of hydrogen-bond acceptors (Lipinski definition) is 7. The lowest BCUT2D eigenvalue weighted by Crippen LogP contribution is -2.27. The van der Waals surface area contributed by atoms with Crippen LogP contribution in [0.3, 0.4) is 0 Å². The summed E-state index contributed by atoms with van der Waals surface area (Å²) in [6, 6.07) is 9.97. The van der Waals surface area contributed by atoms with Crippen LogP contribution in [-0.2, 0) is 9.59 Å². The Morgan fingerprint density at radius 1 is 1.03 bits per heavy atom. The number of nitro groups is 2. The SMILES string of the molecule is CCCC(SCC(=O)Nc1ccccc1[N+](=O)[O-])C(=O)Nc1ccc([N+](=O)[O-])cc1C. The van der Waals surface area contributed by atoms with E-state index in [0.717, 1.165) is 11.8 Å². The van der Waals surface area contributed by atoms with Crippen LogP contribution >= 0.6 is 11.8 Å². The van der Waals surface area contributed by atoms with Gasteiger partial charge in [-0.15, -0.1) is 11.8 Å². The van der Waals surface area contributed by atoms with Crippen LogP contribution in [0.1, 0.15) is 25.3 Å². The van der Waals surface area contributed by atoms with Gasteiger partial charge in [0.2, 0.25) is 11.8 Å². The summed E-state index contributed by atoms with van der Waals surface area (Å²) in [5, 5.41) is 26.7. The Morgan fingerprint density at radius 3 is 2.35 bits per heavy atom. The number of rotatable bonds is 10. The van der Waals surface area contributed by atoms with E-state index in [0.29, 0.717) is 24.1 Å². The molecule has 0 bridgehead atoms. The third-order valence-corrected chi connectivity index (χ3v) is 5.59. The molecule has 0 aliphatic heterocycles. The molecule has 0 aliphatic carbocycles. The average molecular weight is 446 g/mol. The summed E-state index contributed by atoms with van der Waals surface area (Å²) < 4.78 is 0. The molecule has 0 radical (unpaired) electrons. The van der Waals surface area contributed by atoms with Gasteiger partial charge in [-0.1, -0.05) is 25.5 Å². The van der Waals surface area contributed by atoms with Crippen molar-refractivity contribution in [3.8, 4) is 0 Å². The van der Waals surface area contributed by atoms with Crippen LogP contribution in [0.2, 0.25) is 0 Å². The zero-order valence-electron chi connectivity index (χ0n) is 17.0. The molecule has 2 aromatic carbocycles. The van der Waals surface area contributed by atoms with Crippen molar-refractivity contribution < 1.29 is 19.4 Å². The Morgan fingerprint density at radius 2 is 1.74 bits per heavy atom. The topological polar surface area (TPSA) is 144 Å². The van der Waals surface area contributed by atoms with Crippen molar-refractivity contribution in [2.45, 2.75) is 31.9 Å². The van der Waals surface area contributed by atoms with Gasteiger partial charge in [0.1, 0.15) is 5.69 Å². The molecule has 2 aromatic rings. The number of hydrogen-bond donors (Lipinski definition) is 2. The lowest BCUT2D eigenvalue weighted by Gasteiger charge is -2.17. The van der Waals surface area contributed by atoms with Crippen LogP contribution in [0.15, 0.2) is 42.5 Å². The summed E-state index contributed by atoms with van der Waals surface area (Å²) in [5.41, 5.74) is 0.827. The number of amides is 2. The highest BCUT2D eigenvalue weighted by molar-refractivity contribution is 8.01. The normalized spacial score (nSPS) is 11.4. The Labute approximate surface area is 182 Å². The van der Waals surface area contributed by atoms with Crippen molar-refractivity contribution in [3.05, 3.63) is 68.3 Å². The first kappa shape index (κ1) is 23.8. The second-order valence-corrected chi connectivity index (χ2v) is 7.85. The Hall–Kier alpha value is -3.47. The largest absolute Gasteiger partial charge is 0.325 e. The summed E-state index contributed by atoms with van der Waals surface area (Å²) in [6.07, 6.45) is 1.22. The molecular formula is C20H22N4O6S. The van der Waals surface area contributed by atoms with E-state index >= 15 is 0 Å². The quantitative estimate of drug-likeness (QED) is 0.409. The van der Waals surface area contributed by atoms with Gasteiger partial charge >= 0.3 is 0 Å². The first-order chi connectivity index (χ1) is 14.7. The van der Waals surface area contributed by atoms with Gasteiger partial charge in [-0.3, -0.25) is 29.8 Å². The van der Waals surface area contributed by atoms with E-state index in [4.69, 9.17) is 0 Å². The number of thioether (sulfide) groups is 1. The molecule has 10 nitrogen and oxygen atoms in total. The van der Waals surface area contributed by atoms with Gasteiger partial charge < -0.3 is 10.6 Å². The minimum atomic E-state index is -0.581. The minimum absolute atomic E-state index is 0.0661. The molecule has 0 heterocycles. The molecule has 2 amide bonds. The van der Waals surface area contributed by atoms with Gasteiger partial charge in [0.15, 0.2) is 0 Å². The van der Waals surface area contributed by atoms with E-state index in [1.165, 1.54) is 36.4 Å². The fourth-order valence-corrected chi connectivity index (χ4v) is 3.81. The standard InChI is InChI=1S/C20H22N4O6S/c1-3-6-18(20(26)22-15-10-9-14(23(27)28)11-13(15)2)31-12-19(25)21-16-7-4-5-8-17(16)24(29)30/h4-5,7-11,18H,3,6,12H2,1-2H3,(H,21,25)(H,22,26). The molecule has 2 rings (SSSR count). The lowest BCUT2D eigenvalue weighted by atomic mass is 10.1. The maximum Gasteiger partial charge on any atom is 0.292 e. The van der Waals surface area contributed by atoms with Gasteiger partial charge in [-0.05, 0) is 31.0 Å². The van der Waals surface area contributed by atoms with Crippen molar-refractivity contribution in [3.63, 3.8) is 0 Å². The second-order valence-electron chi connectivity index (χ2n) is 6.66. The Bertz CT molecular complexity index is 997. The second kappa shape index (κ2) is 11.1. The molecule has 0 saturated carbocycles. The monoisotopic (exact) mass is 446 g/mol. The van der Waals surface area contributed by atoms with Gasteiger partial charge in [0.05, 0.1) is 20.8 Å². The van der Waals surface area contributed by atoms with Crippen molar-refractivity contribution in [1.29, 1.82) is 0 Å². The van der Waals surface area contributed by atoms with Crippen molar-refractivity contribution in [1.82, 2.24) is 0 Å². The zero-order chi connectivity index (χ0) is 23.0. The first-order valence-corrected chi connectivity index (χ1v) is 10.5. The van der Waals surface area contributed by atoms with Crippen LogP contribution < -0.4 is 10.6 Å². The van der Waals surface area contributed by atoms with Crippen molar-refractivity contribution in [2.75, 3.05) is 16.4 Å². The highest BCUT2D eigenvalue weighted by Crippen LogP contribution is 2.26. The predicted molar refractivity (Wildman–Crippen MR) is 119 cm³/mol. The fourth-order valence-electron chi connectivity index (χ4n) is 2.77. The number of carbonyl (C=O) groups is 2. The molecule has 1 unspecified atom stereocenters. The molecular weight excluding hydrogens is 424 g/mol. The first-order valence-electron chi connectivity index (χ1n) is 9.43. The Kier molecular flexibility index (Phi) is 8.50. The number of aryl methyl sites for hydroxylation is 1. The minimum Gasteiger partial charge on any atom is -0.325 e. The summed E-state index contributed by atoms with van der Waals surface area (Å²) in [4.78, 5) is 45.8. The molecule has 164 valence electrons. The fraction of sp³-hybridized carbons (Fsp3) is 0.300. The number of nitrogens with one attached hydrogen (secondary N) is 2. The summed E-state index contributed by atoms with van der Waals surface area (Å²) in [7, 11) is 0. The summed E-state index contributed by atoms with van der Waals surface area (Å²) >= 11 is 1.13. The van der Waals surface area contributed by atoms with Gasteiger partial charge in [-0.2, -0.15) is 0 Å². The van der Waals surface area contributed by atoms with E-state index in [1.807, 2.05) is 6.92 Å². The van der Waals surface area contributed by atoms with Crippen LogP contribution in [-0.4, -0.2) is 32.7 Å². The third-order valence-electron chi connectivity index (χ3n) is 4.31. The zero-order valence-corrected chi connectivity index (χ0v) is 17.8. The summed E-state index contributed by atoms with van der Waals surface area (Å²) in [6.45, 7) is 3.57. The van der Waals surface area contributed by atoms with Crippen LogP contribution in [0.25, 0.3) is 0 Å². The number of nitro benzene ring substituents is 2. The van der Waals surface area contributed by atoms with E-state index < -0.39 is 21.0 Å². The molecule has 31 heavy (non-hydrogen) atoms. The van der Waals surface area contributed by atoms with Crippen LogP contribution in [0.4, 0.5) is 22.7 Å². The number of nitrogens with zero attached hydrogens (tertiary/aromatic N) is 2. The smallest absolute Gasteiger partial charge is 0.292 e. The maximum atomic E-state index is 12.7. The van der Waals surface area contributed by atoms with E-state index in [-0.39, 0.29) is 28.7 Å². The predicted octanol–water partition coefficient (Wildman–Crippen LogP) is 4.29. The van der Waals surface area contributed by atoms with E-state index in [1.54, 1.807) is 13.0 Å². The number of carbonyl (C=O) groups excluding carboxylic acids is 2. The number of benzene rings is 2. The molecule has 1 atom stereocenters. The van der Waals surface area contributed by atoms with Gasteiger partial charge in [-0.25, -0.2) is 0 Å². The van der Waals surface area contributed by atoms with E-state index in [9.17, 15) is 29.8 Å². The average Bonchev–Trinajstić information content (AvgIpc) is 2.72. The highest BCUT2D eigenvalue weighted by Gasteiger charge is 2.22. The maximum absolute atomic E-state index is 12.7. The number of anilines is 2. The third kappa shape index (κ3) is 6.78. The molecule has 0 spiro atoms. The van der Waals surface area contributed by atoms with Gasteiger partial charge in [0, 0.05) is 23.9 Å². The highest BCUT2D eigenvalue weighted by atomic mass is 32.2. The lowest BCUT2D eigenvalue weighted by molar-refractivity contribution is -0.384. The van der Waals surface area contributed by atoms with Crippen LogP contribution in [0, 0.1) is 27.2 Å². The number of non-ortho nitro benzene ring substituents is 1. The number of para-hydroxylation sites is 2. The van der Waals surface area contributed by atoms with Gasteiger partial charge in [0.25, 0.3) is 11.4 Å².